The summed E-state index contributed by atoms with van der Waals surface area (Å²) in [5, 5.41) is 2.68. The van der Waals surface area contributed by atoms with Crippen LogP contribution in [-0.4, -0.2) is 19.1 Å². The molecule has 0 heterocycles. The number of nitrogens with one attached hydrogen (secondary N) is 1. The molecule has 1 N–H and O–H groups in total. The number of ether oxygens (including phenoxy) is 1. The first-order chi connectivity index (χ1) is 8.06. The molecule has 0 amide bonds. The largest absolute Gasteiger partial charge is 0.466 e. The number of carbonyl (C=O) groups is 1. The number of hydrogen-bond acceptors (Lipinski definition) is 3. The van der Waals surface area contributed by atoms with Gasteiger partial charge in [-0.1, -0.05) is 13.0 Å². The molecule has 0 aliphatic rings. The van der Waals surface area contributed by atoms with Gasteiger partial charge >= 0.3 is 5.97 Å². The third-order valence-electron chi connectivity index (χ3n) is 2.24. The van der Waals surface area contributed by atoms with Crippen molar-refractivity contribution in [3.63, 3.8) is 0 Å². The normalized spacial score (nSPS) is 12.0. The molecule has 0 radical (unpaired) electrons. The molecular weight excluding hydrogens is 228 g/mol. The molecule has 0 aromatic heterocycles. The number of benzene rings is 1. The topological polar surface area (TPSA) is 38.3 Å². The predicted octanol–water partition coefficient (Wildman–Crippen LogP) is 2.58. The highest BCUT2D eigenvalue weighted by Crippen LogP contribution is 2.16. The zero-order valence-electron chi connectivity index (χ0n) is 9.80. The van der Waals surface area contributed by atoms with Crippen molar-refractivity contribution in [3.8, 4) is 0 Å². The summed E-state index contributed by atoms with van der Waals surface area (Å²) in [5.74, 6) is -2.64. The molecule has 0 aliphatic heterocycles. The number of rotatable bonds is 5. The summed E-state index contributed by atoms with van der Waals surface area (Å²) < 4.78 is 30.9. The van der Waals surface area contributed by atoms with Gasteiger partial charge < -0.3 is 10.1 Å². The van der Waals surface area contributed by atoms with Crippen LogP contribution in [0.4, 0.5) is 14.5 Å². The maximum absolute atomic E-state index is 13.2. The second-order valence-electron chi connectivity index (χ2n) is 3.64. The fourth-order valence-electron chi connectivity index (χ4n) is 1.27. The van der Waals surface area contributed by atoms with Crippen molar-refractivity contribution in [2.75, 3.05) is 18.5 Å². The lowest BCUT2D eigenvalue weighted by atomic mass is 10.2. The van der Waals surface area contributed by atoms with Gasteiger partial charge in [-0.05, 0) is 19.1 Å². The molecule has 0 spiro atoms. The van der Waals surface area contributed by atoms with Gasteiger partial charge in [0.05, 0.1) is 18.2 Å². The molecule has 1 rings (SSSR count). The molecule has 1 unspecified atom stereocenters. The van der Waals surface area contributed by atoms with E-state index in [4.69, 9.17) is 4.74 Å². The smallest absolute Gasteiger partial charge is 0.310 e. The van der Waals surface area contributed by atoms with E-state index in [1.807, 2.05) is 0 Å². The van der Waals surface area contributed by atoms with E-state index in [9.17, 15) is 13.6 Å². The van der Waals surface area contributed by atoms with Crippen LogP contribution in [0, 0.1) is 17.6 Å². The van der Waals surface area contributed by atoms with Gasteiger partial charge in [-0.15, -0.1) is 0 Å². The van der Waals surface area contributed by atoms with Gasteiger partial charge in [0.15, 0.2) is 11.6 Å². The number of esters is 1. The first-order valence-electron chi connectivity index (χ1n) is 5.40. The molecular formula is C12H15F2NO2. The Morgan fingerprint density at radius 3 is 2.82 bits per heavy atom. The van der Waals surface area contributed by atoms with Crippen molar-refractivity contribution < 1.29 is 18.3 Å². The molecule has 0 bridgehead atoms. The Bertz CT molecular complexity index is 396. The Labute approximate surface area is 98.8 Å². The molecule has 1 atom stereocenters. The Hall–Kier alpha value is -1.65. The number of halogens is 2. The van der Waals surface area contributed by atoms with Crippen molar-refractivity contribution in [2.24, 2.45) is 5.92 Å². The zero-order chi connectivity index (χ0) is 12.8. The molecule has 0 saturated heterocycles. The van der Waals surface area contributed by atoms with Gasteiger partial charge in [-0.2, -0.15) is 0 Å². The molecule has 17 heavy (non-hydrogen) atoms. The Morgan fingerprint density at radius 2 is 2.18 bits per heavy atom. The minimum atomic E-state index is -0.941. The van der Waals surface area contributed by atoms with Crippen LogP contribution in [0.25, 0.3) is 0 Å². The van der Waals surface area contributed by atoms with Crippen LogP contribution in [0.2, 0.25) is 0 Å². The monoisotopic (exact) mass is 243 g/mol. The fraction of sp³-hybridized carbons (Fsp3) is 0.417. The number of carbonyl (C=O) groups excluding carboxylic acids is 1. The molecule has 5 heteroatoms. The summed E-state index contributed by atoms with van der Waals surface area (Å²) >= 11 is 0. The highest BCUT2D eigenvalue weighted by atomic mass is 19.2. The van der Waals surface area contributed by atoms with Crippen LogP contribution in [0.15, 0.2) is 18.2 Å². The van der Waals surface area contributed by atoms with Gasteiger partial charge in [0.25, 0.3) is 0 Å². The summed E-state index contributed by atoms with van der Waals surface area (Å²) in [6.07, 6.45) is 0. The lowest BCUT2D eigenvalue weighted by Crippen LogP contribution is -2.22. The first-order valence-corrected chi connectivity index (χ1v) is 5.40. The second kappa shape index (κ2) is 6.18. The minimum absolute atomic E-state index is 0.0427. The maximum Gasteiger partial charge on any atom is 0.310 e. The summed E-state index contributed by atoms with van der Waals surface area (Å²) in [5.41, 5.74) is 0.0427. The molecule has 0 saturated carbocycles. The van der Waals surface area contributed by atoms with Crippen molar-refractivity contribution in [1.82, 2.24) is 0 Å². The van der Waals surface area contributed by atoms with Crippen molar-refractivity contribution in [3.05, 3.63) is 29.8 Å². The standard InChI is InChI=1S/C12H15F2NO2/c1-3-17-12(16)8(2)7-15-10-6-4-5-9(13)11(10)14/h4-6,8,15H,3,7H2,1-2H3. The van der Waals surface area contributed by atoms with Crippen molar-refractivity contribution in [2.45, 2.75) is 13.8 Å². The quantitative estimate of drug-likeness (QED) is 0.808. The zero-order valence-corrected chi connectivity index (χ0v) is 9.80. The maximum atomic E-state index is 13.2. The third kappa shape index (κ3) is 3.69. The molecule has 3 nitrogen and oxygen atoms in total. The minimum Gasteiger partial charge on any atom is -0.466 e. The van der Waals surface area contributed by atoms with Crippen LogP contribution in [0.5, 0.6) is 0 Å². The van der Waals surface area contributed by atoms with E-state index in [1.165, 1.54) is 12.1 Å². The number of anilines is 1. The van der Waals surface area contributed by atoms with Gasteiger partial charge in [0, 0.05) is 6.54 Å². The van der Waals surface area contributed by atoms with Crippen LogP contribution >= 0.6 is 0 Å². The highest BCUT2D eigenvalue weighted by Gasteiger charge is 2.15. The lowest BCUT2D eigenvalue weighted by molar-refractivity contribution is -0.146. The first kappa shape index (κ1) is 13.4. The van der Waals surface area contributed by atoms with Gasteiger partial charge in [-0.25, -0.2) is 8.78 Å². The highest BCUT2D eigenvalue weighted by molar-refractivity contribution is 5.72. The molecule has 0 fully saturated rings. The SMILES string of the molecule is CCOC(=O)C(C)CNc1cccc(F)c1F. The summed E-state index contributed by atoms with van der Waals surface area (Å²) in [4.78, 5) is 11.3. The van der Waals surface area contributed by atoms with Crippen molar-refractivity contribution >= 4 is 11.7 Å². The van der Waals surface area contributed by atoms with Crippen LogP contribution in [0.3, 0.4) is 0 Å². The number of hydrogen-bond donors (Lipinski definition) is 1. The van der Waals surface area contributed by atoms with Gasteiger partial charge in [-0.3, -0.25) is 4.79 Å². The van der Waals surface area contributed by atoms with Crippen molar-refractivity contribution in [1.29, 1.82) is 0 Å². The molecule has 1 aromatic carbocycles. The molecule has 0 aliphatic carbocycles. The summed E-state index contributed by atoms with van der Waals surface area (Å²) in [6, 6.07) is 3.85. The van der Waals surface area contributed by atoms with E-state index in [-0.39, 0.29) is 18.2 Å². The second-order valence-corrected chi connectivity index (χ2v) is 3.64. The van der Waals surface area contributed by atoms with Crippen LogP contribution < -0.4 is 5.32 Å². The Morgan fingerprint density at radius 1 is 1.47 bits per heavy atom. The molecule has 94 valence electrons. The fourth-order valence-corrected chi connectivity index (χ4v) is 1.27. The Kier molecular flexibility index (Phi) is 4.87. The summed E-state index contributed by atoms with van der Waals surface area (Å²) in [7, 11) is 0. The van der Waals surface area contributed by atoms with E-state index in [0.29, 0.717) is 6.61 Å². The Balaban J connectivity index is 2.56. The summed E-state index contributed by atoms with van der Waals surface area (Å²) in [6.45, 7) is 3.86. The average Bonchev–Trinajstić information content (AvgIpc) is 2.31. The van der Waals surface area contributed by atoms with E-state index >= 15 is 0 Å². The lowest BCUT2D eigenvalue weighted by Gasteiger charge is -2.13. The van der Waals surface area contributed by atoms with E-state index in [2.05, 4.69) is 5.32 Å². The molecule has 1 aromatic rings. The average molecular weight is 243 g/mol. The third-order valence-corrected chi connectivity index (χ3v) is 2.24. The van der Waals surface area contributed by atoms with Crippen LogP contribution in [0.1, 0.15) is 13.8 Å². The van der Waals surface area contributed by atoms with E-state index in [1.54, 1.807) is 13.8 Å². The van der Waals surface area contributed by atoms with Gasteiger partial charge in [0.2, 0.25) is 0 Å². The predicted molar refractivity (Wildman–Crippen MR) is 60.6 cm³/mol. The van der Waals surface area contributed by atoms with Gasteiger partial charge in [0.1, 0.15) is 0 Å². The van der Waals surface area contributed by atoms with E-state index < -0.39 is 17.6 Å². The van der Waals surface area contributed by atoms with E-state index in [0.717, 1.165) is 6.07 Å². The van der Waals surface area contributed by atoms with Crippen LogP contribution in [-0.2, 0) is 9.53 Å².